The number of aromatic nitrogens is 2. The van der Waals surface area contributed by atoms with Crippen LogP contribution in [0.15, 0.2) is 54.7 Å². The van der Waals surface area contributed by atoms with Crippen LogP contribution in [0.3, 0.4) is 0 Å². The van der Waals surface area contributed by atoms with E-state index in [1.165, 1.54) is 4.90 Å². The zero-order chi connectivity index (χ0) is 21.7. The number of benzene rings is 2. The highest BCUT2D eigenvalue weighted by Gasteiger charge is 2.36. The molecule has 0 amide bonds. The average molecular weight is 416 g/mol. The number of nitrogens with zero attached hydrogens (tertiary/aromatic N) is 3. The van der Waals surface area contributed by atoms with Gasteiger partial charge in [0.2, 0.25) is 5.95 Å². The van der Waals surface area contributed by atoms with Gasteiger partial charge >= 0.3 is 6.18 Å². The van der Waals surface area contributed by atoms with Crippen molar-refractivity contribution < 1.29 is 17.9 Å². The predicted molar refractivity (Wildman–Crippen MR) is 112 cm³/mol. The second-order valence-electron chi connectivity index (χ2n) is 6.76. The summed E-state index contributed by atoms with van der Waals surface area (Å²) in [6.07, 6.45) is -1.86. The number of rotatable bonds is 7. The van der Waals surface area contributed by atoms with E-state index in [4.69, 9.17) is 4.74 Å². The van der Waals surface area contributed by atoms with Crippen LogP contribution < -0.4 is 15.0 Å². The van der Waals surface area contributed by atoms with Crippen molar-refractivity contribution in [2.75, 3.05) is 24.4 Å². The van der Waals surface area contributed by atoms with Crippen LogP contribution in [0.2, 0.25) is 0 Å². The number of aryl methyl sites for hydroxylation is 1. The Bertz CT molecular complexity index is 973. The van der Waals surface area contributed by atoms with Gasteiger partial charge in [0.15, 0.2) is 5.82 Å². The van der Waals surface area contributed by atoms with E-state index < -0.39 is 11.7 Å². The molecular formula is C22H23F3N4O. The molecule has 1 heterocycles. The lowest BCUT2D eigenvalue weighted by molar-refractivity contribution is -0.137. The van der Waals surface area contributed by atoms with Crippen LogP contribution in [0.5, 0.6) is 5.75 Å². The number of anilines is 4. The molecule has 5 nitrogen and oxygen atoms in total. The van der Waals surface area contributed by atoms with Crippen molar-refractivity contribution in [2.45, 2.75) is 25.9 Å². The van der Waals surface area contributed by atoms with Crippen LogP contribution in [0.25, 0.3) is 0 Å². The largest absolute Gasteiger partial charge is 0.497 e. The highest BCUT2D eigenvalue weighted by atomic mass is 19.4. The molecule has 0 radical (unpaired) electrons. The number of hydrogen-bond donors (Lipinski definition) is 1. The van der Waals surface area contributed by atoms with Gasteiger partial charge in [-0.2, -0.15) is 18.2 Å². The first kappa shape index (κ1) is 21.4. The predicted octanol–water partition coefficient (Wildman–Crippen LogP) is 5.97. The highest BCUT2D eigenvalue weighted by molar-refractivity contribution is 5.65. The summed E-state index contributed by atoms with van der Waals surface area (Å²) in [6.45, 7) is 2.08. The molecule has 0 aliphatic heterocycles. The van der Waals surface area contributed by atoms with E-state index in [9.17, 15) is 13.2 Å². The Morgan fingerprint density at radius 2 is 1.70 bits per heavy atom. The van der Waals surface area contributed by atoms with Crippen molar-refractivity contribution in [3.63, 3.8) is 0 Å². The second kappa shape index (κ2) is 9.02. The first-order valence-corrected chi connectivity index (χ1v) is 9.49. The SMILES string of the molecule is CCCc1ccc(N(C)c2nc(Nc3ccc(OC)cc3)ncc2C(F)(F)F)cc1. The van der Waals surface area contributed by atoms with Crippen molar-refractivity contribution in [2.24, 2.45) is 0 Å². The van der Waals surface area contributed by atoms with E-state index in [2.05, 4.69) is 22.2 Å². The van der Waals surface area contributed by atoms with Crippen LogP contribution in [0, 0.1) is 0 Å². The molecule has 30 heavy (non-hydrogen) atoms. The highest BCUT2D eigenvalue weighted by Crippen LogP contribution is 2.37. The molecule has 2 aromatic carbocycles. The first-order chi connectivity index (χ1) is 14.3. The Morgan fingerprint density at radius 1 is 1.03 bits per heavy atom. The minimum atomic E-state index is -4.58. The maximum absolute atomic E-state index is 13.6. The van der Waals surface area contributed by atoms with Gasteiger partial charge in [0.1, 0.15) is 11.3 Å². The summed E-state index contributed by atoms with van der Waals surface area (Å²) in [5.74, 6) is 0.509. The third-order valence-corrected chi connectivity index (χ3v) is 4.60. The third-order valence-electron chi connectivity index (χ3n) is 4.60. The minimum absolute atomic E-state index is 0.0672. The molecule has 0 aliphatic rings. The van der Waals surface area contributed by atoms with E-state index in [0.717, 1.165) is 24.6 Å². The number of halogens is 3. The summed E-state index contributed by atoms with van der Waals surface area (Å²) in [5.41, 5.74) is 1.47. The number of ether oxygens (including phenoxy) is 1. The van der Waals surface area contributed by atoms with Crippen LogP contribution in [-0.4, -0.2) is 24.1 Å². The van der Waals surface area contributed by atoms with Gasteiger partial charge in [-0.05, 0) is 48.4 Å². The quantitative estimate of drug-likeness (QED) is 0.514. The van der Waals surface area contributed by atoms with Crippen LogP contribution >= 0.6 is 0 Å². The summed E-state index contributed by atoms with van der Waals surface area (Å²) in [7, 11) is 3.11. The van der Waals surface area contributed by atoms with Gasteiger partial charge < -0.3 is 15.0 Å². The molecule has 0 fully saturated rings. The fraction of sp³-hybridized carbons (Fsp3) is 0.273. The van der Waals surface area contributed by atoms with E-state index in [-0.39, 0.29) is 11.8 Å². The number of nitrogens with one attached hydrogen (secondary N) is 1. The smallest absolute Gasteiger partial charge is 0.421 e. The van der Waals surface area contributed by atoms with Gasteiger partial charge in [0.05, 0.1) is 7.11 Å². The fourth-order valence-electron chi connectivity index (χ4n) is 2.99. The van der Waals surface area contributed by atoms with E-state index in [0.29, 0.717) is 17.1 Å². The third kappa shape index (κ3) is 5.00. The molecular weight excluding hydrogens is 393 g/mol. The maximum atomic E-state index is 13.6. The molecule has 3 aromatic rings. The lowest BCUT2D eigenvalue weighted by atomic mass is 10.1. The Hall–Kier alpha value is -3.29. The Morgan fingerprint density at radius 3 is 2.27 bits per heavy atom. The lowest BCUT2D eigenvalue weighted by Gasteiger charge is -2.23. The van der Waals surface area contributed by atoms with Crippen LogP contribution in [0.4, 0.5) is 36.3 Å². The standard InChI is InChI=1S/C22H23F3N4O/c1-4-5-15-6-10-17(11-7-15)29(2)20-19(22(23,24)25)14-26-21(28-20)27-16-8-12-18(30-3)13-9-16/h6-14H,4-5H2,1-3H3,(H,26,27,28). The summed E-state index contributed by atoms with van der Waals surface area (Å²) in [6, 6.07) is 14.4. The van der Waals surface area contributed by atoms with E-state index >= 15 is 0 Å². The Balaban J connectivity index is 1.94. The number of hydrogen-bond acceptors (Lipinski definition) is 5. The van der Waals surface area contributed by atoms with Gasteiger partial charge in [-0.15, -0.1) is 0 Å². The van der Waals surface area contributed by atoms with Gasteiger partial charge in [-0.1, -0.05) is 25.5 Å². The molecule has 0 saturated heterocycles. The molecule has 0 unspecified atom stereocenters. The van der Waals surface area contributed by atoms with Crippen LogP contribution in [-0.2, 0) is 12.6 Å². The number of methoxy groups -OCH3 is 1. The van der Waals surface area contributed by atoms with Gasteiger partial charge in [0.25, 0.3) is 0 Å². The fourth-order valence-corrected chi connectivity index (χ4v) is 2.99. The average Bonchev–Trinajstić information content (AvgIpc) is 2.74. The lowest BCUT2D eigenvalue weighted by Crippen LogP contribution is -2.19. The van der Waals surface area contributed by atoms with Crippen LogP contribution in [0.1, 0.15) is 24.5 Å². The minimum Gasteiger partial charge on any atom is -0.497 e. The summed E-state index contributed by atoms with van der Waals surface area (Å²) in [4.78, 5) is 9.44. The molecule has 0 bridgehead atoms. The first-order valence-electron chi connectivity index (χ1n) is 9.49. The molecule has 3 rings (SSSR count). The Kier molecular flexibility index (Phi) is 6.44. The van der Waals surface area contributed by atoms with Gasteiger partial charge in [-0.3, -0.25) is 0 Å². The molecule has 1 N–H and O–H groups in total. The summed E-state index contributed by atoms with van der Waals surface area (Å²) < 4.78 is 45.9. The topological polar surface area (TPSA) is 50.3 Å². The van der Waals surface area contributed by atoms with E-state index in [1.54, 1.807) is 50.6 Å². The Labute approximate surface area is 173 Å². The zero-order valence-electron chi connectivity index (χ0n) is 17.0. The second-order valence-corrected chi connectivity index (χ2v) is 6.76. The number of alkyl halides is 3. The van der Waals surface area contributed by atoms with Crippen molar-refractivity contribution in [1.82, 2.24) is 9.97 Å². The normalized spacial score (nSPS) is 11.3. The summed E-state index contributed by atoms with van der Waals surface area (Å²) in [5, 5.41) is 2.93. The van der Waals surface area contributed by atoms with Gasteiger partial charge in [0, 0.05) is 24.6 Å². The summed E-state index contributed by atoms with van der Waals surface area (Å²) >= 11 is 0. The molecule has 0 aliphatic carbocycles. The molecule has 158 valence electrons. The maximum Gasteiger partial charge on any atom is 0.421 e. The molecule has 8 heteroatoms. The molecule has 0 atom stereocenters. The molecule has 0 spiro atoms. The van der Waals surface area contributed by atoms with E-state index in [1.807, 2.05) is 12.1 Å². The molecule has 1 aromatic heterocycles. The van der Waals surface area contributed by atoms with Crippen molar-refractivity contribution in [3.05, 3.63) is 65.9 Å². The zero-order valence-corrected chi connectivity index (χ0v) is 17.0. The monoisotopic (exact) mass is 416 g/mol. The van der Waals surface area contributed by atoms with Crippen molar-refractivity contribution in [1.29, 1.82) is 0 Å². The van der Waals surface area contributed by atoms with Gasteiger partial charge in [-0.25, -0.2) is 4.98 Å². The molecule has 0 saturated carbocycles. The van der Waals surface area contributed by atoms with Crippen molar-refractivity contribution in [3.8, 4) is 5.75 Å². The van der Waals surface area contributed by atoms with Crippen molar-refractivity contribution >= 4 is 23.1 Å².